The van der Waals surface area contributed by atoms with E-state index in [0.717, 1.165) is 106 Å². The van der Waals surface area contributed by atoms with Gasteiger partial charge in [0.2, 0.25) is 0 Å². The van der Waals surface area contributed by atoms with Gasteiger partial charge in [-0.25, -0.2) is 15.0 Å². The molecule has 0 fully saturated rings. The minimum atomic E-state index is -0.515. The lowest BCUT2D eigenvalue weighted by Gasteiger charge is -2.32. The Kier molecular flexibility index (Phi) is 20.2. The molecule has 0 spiro atoms. The predicted octanol–water partition coefficient (Wildman–Crippen LogP) is 20.5. The Balaban J connectivity index is 1.20. The van der Waals surface area contributed by atoms with Gasteiger partial charge in [0, 0.05) is 46.2 Å². The fraction of sp³-hybridized carbons (Fsp3) is 0.0814. The Morgan fingerprint density at radius 2 is 0.564 bits per heavy atom. The number of ether oxygens (including phenoxy) is 4. The maximum atomic E-state index is 6.43. The van der Waals surface area contributed by atoms with Crippen molar-refractivity contribution >= 4 is 63.3 Å². The van der Waals surface area contributed by atoms with E-state index in [-0.39, 0.29) is 5.92 Å². The molecule has 0 aliphatic heterocycles. The Labute approximate surface area is 550 Å². The zero-order valence-corrected chi connectivity index (χ0v) is 52.8. The Morgan fingerprint density at radius 3 is 0.883 bits per heavy atom. The minimum Gasteiger partial charge on any atom is -0.496 e. The Hall–Kier alpha value is -12.1. The van der Waals surface area contributed by atoms with Crippen LogP contribution in [0.15, 0.2) is 335 Å². The van der Waals surface area contributed by atoms with Crippen LogP contribution in [0.3, 0.4) is 0 Å². The third kappa shape index (κ3) is 14.7. The summed E-state index contributed by atoms with van der Waals surface area (Å²) < 4.78 is 25.6. The van der Waals surface area contributed by atoms with Crippen molar-refractivity contribution < 1.29 is 18.9 Å². The van der Waals surface area contributed by atoms with Crippen molar-refractivity contribution in [2.75, 3.05) is 28.4 Å². The van der Waals surface area contributed by atoms with Gasteiger partial charge in [0.25, 0.3) is 0 Å². The van der Waals surface area contributed by atoms with Crippen LogP contribution in [0.25, 0.3) is 16.7 Å². The largest absolute Gasteiger partial charge is 0.496 e. The number of hydrogen-bond acceptors (Lipinski definition) is 8. The van der Waals surface area contributed by atoms with E-state index in [2.05, 4.69) is 151 Å². The van der Waals surface area contributed by atoms with Crippen LogP contribution in [0.2, 0.25) is 0 Å². The fourth-order valence-corrected chi connectivity index (χ4v) is 11.9. The van der Waals surface area contributed by atoms with Gasteiger partial charge in [0.1, 0.15) is 23.0 Å². The highest BCUT2D eigenvalue weighted by Gasteiger charge is 2.33. The van der Waals surface area contributed by atoms with Crippen LogP contribution in [-0.4, -0.2) is 52.3 Å². The monoisotopic (exact) mass is 1220 g/mol. The molecule has 0 aliphatic rings. The molecule has 12 aromatic rings. The normalized spacial score (nSPS) is 11.7. The summed E-state index contributed by atoms with van der Waals surface area (Å²) in [5.74, 6) is 11.9. The zero-order chi connectivity index (χ0) is 64.3. The molecule has 12 aromatic carbocycles. The number of rotatable bonds is 22. The number of methoxy groups -OCH3 is 4. The molecule has 0 amide bonds. The van der Waals surface area contributed by atoms with Crippen LogP contribution in [0.1, 0.15) is 84.5 Å². The van der Waals surface area contributed by atoms with Gasteiger partial charge >= 0.3 is 0 Å². The molecule has 0 aromatic heterocycles. The number of para-hydroxylation sites is 4. The van der Waals surface area contributed by atoms with E-state index >= 15 is 0 Å². The zero-order valence-electron chi connectivity index (χ0n) is 52.8. The Bertz CT molecular complexity index is 4600. The summed E-state index contributed by atoms with van der Waals surface area (Å²) in [5.41, 5.74) is 16.3. The minimum absolute atomic E-state index is 0.353. The topological polar surface area (TPSA) is 86.4 Å². The molecule has 0 N–H and O–H groups in total. The van der Waals surface area contributed by atoms with Crippen molar-refractivity contribution in [3.8, 4) is 23.0 Å². The average molecular weight is 1220 g/mol. The molecule has 0 saturated heterocycles. The van der Waals surface area contributed by atoms with Crippen LogP contribution in [0, 0.1) is 0 Å². The second kappa shape index (κ2) is 30.6. The van der Waals surface area contributed by atoms with Crippen LogP contribution in [0.4, 0.5) is 22.7 Å². The summed E-state index contributed by atoms with van der Waals surface area (Å²) in [6.07, 6.45) is 2.03. The van der Waals surface area contributed by atoms with E-state index in [9.17, 15) is 0 Å². The van der Waals surface area contributed by atoms with Gasteiger partial charge in [0.15, 0.2) is 0 Å². The van der Waals surface area contributed by atoms with Crippen LogP contribution in [-0.2, 0) is 0 Å². The van der Waals surface area contributed by atoms with Gasteiger partial charge in [-0.05, 0) is 153 Å². The van der Waals surface area contributed by atoms with E-state index in [1.165, 1.54) is 0 Å². The summed E-state index contributed by atoms with van der Waals surface area (Å²) in [7, 11) is 6.86. The molecule has 0 aliphatic carbocycles. The van der Waals surface area contributed by atoms with E-state index in [0.29, 0.717) is 23.0 Å². The second-order valence-electron chi connectivity index (χ2n) is 22.2. The van der Waals surface area contributed by atoms with Crippen LogP contribution < -0.4 is 18.9 Å². The first-order chi connectivity index (χ1) is 46.5. The predicted molar refractivity (Wildman–Crippen MR) is 386 cm³/mol. The molecule has 456 valence electrons. The van der Waals surface area contributed by atoms with Crippen molar-refractivity contribution in [2.24, 2.45) is 20.0 Å². The van der Waals surface area contributed by atoms with Gasteiger partial charge in [-0.15, -0.1) is 0 Å². The third-order valence-electron chi connectivity index (χ3n) is 16.5. The summed E-state index contributed by atoms with van der Waals surface area (Å²) in [6, 6.07) is 107. The van der Waals surface area contributed by atoms with Gasteiger partial charge in [-0.3, -0.25) is 4.99 Å². The van der Waals surface area contributed by atoms with Crippen LogP contribution >= 0.6 is 0 Å². The SMILES string of the molecule is COc1ccc(C(c2ccc(OC)c(C(=C=Nc3ccccc3)c3ccccc3)c2)C(c2ccc(OC)c(C(=C=Nc3ccccc3)c3ccccc3)c2)c2ccc(OC)c(C(C=Nc3ccccc3)c3ccccc3)c2)cc1C(=C=Nc1ccccc1)c1ccccc1. The van der Waals surface area contributed by atoms with Crippen LogP contribution in [0.5, 0.6) is 23.0 Å². The number of hydrogen-bond donors (Lipinski definition) is 0. The smallest absolute Gasteiger partial charge is 0.127 e. The second-order valence-corrected chi connectivity index (χ2v) is 22.2. The molecule has 2 atom stereocenters. The molecule has 8 nitrogen and oxygen atoms in total. The summed E-state index contributed by atoms with van der Waals surface area (Å²) in [6.45, 7) is 0. The molecule has 0 saturated carbocycles. The molecule has 12 rings (SSSR count). The molecule has 0 bridgehead atoms. The molecule has 0 radical (unpaired) electrons. The maximum Gasteiger partial charge on any atom is 0.127 e. The first-order valence-corrected chi connectivity index (χ1v) is 31.2. The van der Waals surface area contributed by atoms with Crippen molar-refractivity contribution in [2.45, 2.75) is 17.8 Å². The standard InChI is InChI=1S/C86H68N4O4/c1-91-81-49-45-65(53-73(81)77(61-29-13-5-14-30-61)57-87-69-37-21-9-22-38-69)85(66-46-50-82(92-2)74(54-66)78(62-31-15-6-16-32-62)58-88-70-39-23-10-24-40-70)86(67-47-51-83(93-3)75(55-67)79(63-33-17-7-18-34-63)59-89-71-41-25-11-26-42-71)68-48-52-84(94-4)76(56-68)80(64-35-19-8-20-36-64)60-90-72-43-27-12-28-44-72/h5-57,77,85-86H,1-4H3. The summed E-state index contributed by atoms with van der Waals surface area (Å²) in [4.78, 5) is 20.1. The lowest BCUT2D eigenvalue weighted by molar-refractivity contribution is 0.409. The van der Waals surface area contributed by atoms with Gasteiger partial charge in [-0.1, -0.05) is 224 Å². The highest BCUT2D eigenvalue weighted by Crippen LogP contribution is 2.49. The van der Waals surface area contributed by atoms with Crippen molar-refractivity contribution in [1.29, 1.82) is 0 Å². The van der Waals surface area contributed by atoms with Crippen molar-refractivity contribution in [1.82, 2.24) is 0 Å². The van der Waals surface area contributed by atoms with Gasteiger partial charge < -0.3 is 18.9 Å². The molecular formula is C86H68N4O4. The number of nitrogens with zero attached hydrogens (tertiary/aromatic N) is 4. The molecule has 2 unspecified atom stereocenters. The number of aliphatic imine (C=N–C) groups is 4. The first-order valence-electron chi connectivity index (χ1n) is 31.2. The van der Waals surface area contributed by atoms with Gasteiger partial charge in [0.05, 0.1) is 67.9 Å². The lowest BCUT2D eigenvalue weighted by atomic mass is 9.71. The highest BCUT2D eigenvalue weighted by molar-refractivity contribution is 6.03. The van der Waals surface area contributed by atoms with E-state index in [1.807, 2.05) is 188 Å². The van der Waals surface area contributed by atoms with Gasteiger partial charge in [-0.2, -0.15) is 0 Å². The maximum absolute atomic E-state index is 6.43. The number of benzene rings is 12. The quantitative estimate of drug-likeness (QED) is 0.0633. The van der Waals surface area contributed by atoms with E-state index < -0.39 is 11.8 Å². The van der Waals surface area contributed by atoms with E-state index in [4.69, 9.17) is 38.9 Å². The van der Waals surface area contributed by atoms with Crippen molar-refractivity contribution in [3.05, 3.63) is 382 Å². The molecular weight excluding hydrogens is 1150 g/mol. The molecule has 94 heavy (non-hydrogen) atoms. The highest BCUT2D eigenvalue weighted by atomic mass is 16.5. The molecule has 0 heterocycles. The van der Waals surface area contributed by atoms with E-state index in [1.54, 1.807) is 28.4 Å². The first kappa shape index (κ1) is 62.1. The molecule has 8 heteroatoms. The lowest BCUT2D eigenvalue weighted by Crippen LogP contribution is -2.17. The summed E-state index contributed by atoms with van der Waals surface area (Å²) in [5, 5.41) is 0. The Morgan fingerprint density at radius 1 is 0.287 bits per heavy atom. The average Bonchev–Trinajstić information content (AvgIpc) is 0.763. The fourth-order valence-electron chi connectivity index (χ4n) is 11.9. The summed E-state index contributed by atoms with van der Waals surface area (Å²) >= 11 is 0. The third-order valence-corrected chi connectivity index (χ3v) is 16.5. The van der Waals surface area contributed by atoms with Crippen molar-refractivity contribution in [3.63, 3.8) is 0 Å².